The third-order valence-corrected chi connectivity index (χ3v) is 4.16. The molecule has 5 nitrogen and oxygen atoms in total. The molecule has 0 radical (unpaired) electrons. The van der Waals surface area contributed by atoms with Crippen molar-refractivity contribution in [2.45, 2.75) is 19.9 Å². The number of nitrogens with zero attached hydrogens (tertiary/aromatic N) is 4. The fourth-order valence-corrected chi connectivity index (χ4v) is 2.99. The van der Waals surface area contributed by atoms with Gasteiger partial charge in [-0.05, 0) is 25.5 Å². The Hall–Kier alpha value is -2.79. The van der Waals surface area contributed by atoms with E-state index in [1.807, 2.05) is 49.4 Å². The highest BCUT2D eigenvalue weighted by Gasteiger charge is 2.15. The van der Waals surface area contributed by atoms with Gasteiger partial charge in [-0.2, -0.15) is 0 Å². The van der Waals surface area contributed by atoms with Gasteiger partial charge in [0.2, 0.25) is 0 Å². The highest BCUT2D eigenvalue weighted by Crippen LogP contribution is 2.24. The molecule has 0 aliphatic heterocycles. The topological polar surface area (TPSA) is 52.8 Å². The minimum Gasteiger partial charge on any atom is -0.382 e. The van der Waals surface area contributed by atoms with E-state index in [1.165, 1.54) is 0 Å². The van der Waals surface area contributed by atoms with Gasteiger partial charge in [0.25, 0.3) is 0 Å². The minimum atomic E-state index is 0.689. The molecule has 2 aromatic heterocycles. The van der Waals surface area contributed by atoms with E-state index >= 15 is 0 Å². The molecule has 0 bridgehead atoms. The van der Waals surface area contributed by atoms with Gasteiger partial charge in [0, 0.05) is 25.3 Å². The van der Waals surface area contributed by atoms with Crippen LogP contribution in [0.1, 0.15) is 13.3 Å². The van der Waals surface area contributed by atoms with Crippen LogP contribution in [-0.2, 0) is 11.3 Å². The first-order valence-corrected chi connectivity index (χ1v) is 8.63. The van der Waals surface area contributed by atoms with E-state index in [2.05, 4.69) is 16.7 Å². The van der Waals surface area contributed by atoms with Crippen LogP contribution in [0.25, 0.3) is 33.7 Å². The second-order valence-electron chi connectivity index (χ2n) is 5.86. The van der Waals surface area contributed by atoms with Gasteiger partial charge in [-0.3, -0.25) is 0 Å². The molecule has 0 saturated heterocycles. The molecule has 0 spiro atoms. The Kier molecular flexibility index (Phi) is 4.39. The Balaban J connectivity index is 1.85. The Morgan fingerprint density at radius 1 is 0.880 bits per heavy atom. The number of hydrogen-bond acceptors (Lipinski definition) is 4. The van der Waals surface area contributed by atoms with E-state index in [9.17, 15) is 0 Å². The maximum Gasteiger partial charge on any atom is 0.198 e. The van der Waals surface area contributed by atoms with Crippen LogP contribution < -0.4 is 0 Å². The summed E-state index contributed by atoms with van der Waals surface area (Å²) < 4.78 is 7.65. The molecule has 5 heteroatoms. The van der Waals surface area contributed by atoms with Gasteiger partial charge in [-0.25, -0.2) is 15.0 Å². The van der Waals surface area contributed by atoms with Gasteiger partial charge in [-0.1, -0.05) is 42.5 Å². The lowest BCUT2D eigenvalue weighted by Crippen LogP contribution is -2.05. The van der Waals surface area contributed by atoms with Crippen molar-refractivity contribution in [3.8, 4) is 11.4 Å². The van der Waals surface area contributed by atoms with E-state index in [0.29, 0.717) is 5.65 Å². The lowest BCUT2D eigenvalue weighted by atomic mass is 10.2. The average Bonchev–Trinajstić information content (AvgIpc) is 3.01. The van der Waals surface area contributed by atoms with E-state index in [1.54, 1.807) is 0 Å². The zero-order chi connectivity index (χ0) is 17.1. The molecule has 0 fully saturated rings. The van der Waals surface area contributed by atoms with Crippen LogP contribution in [0.2, 0.25) is 0 Å². The fourth-order valence-electron chi connectivity index (χ4n) is 2.99. The van der Waals surface area contributed by atoms with Crippen molar-refractivity contribution in [3.05, 3.63) is 54.6 Å². The molecule has 25 heavy (non-hydrogen) atoms. The first-order chi connectivity index (χ1) is 12.4. The van der Waals surface area contributed by atoms with E-state index in [0.717, 1.165) is 54.2 Å². The molecule has 0 unspecified atom stereocenters. The number of fused-ring (bicyclic) bond motifs is 2. The van der Waals surface area contributed by atoms with Gasteiger partial charge in [0.05, 0.1) is 11.0 Å². The summed E-state index contributed by atoms with van der Waals surface area (Å²) >= 11 is 0. The van der Waals surface area contributed by atoms with Crippen LogP contribution in [0.3, 0.4) is 0 Å². The summed E-state index contributed by atoms with van der Waals surface area (Å²) in [4.78, 5) is 14.3. The zero-order valence-corrected chi connectivity index (χ0v) is 14.2. The molecule has 0 amide bonds. The molecule has 2 aromatic carbocycles. The summed E-state index contributed by atoms with van der Waals surface area (Å²) in [5.74, 6) is 0.905. The second-order valence-corrected chi connectivity index (χ2v) is 5.86. The molecule has 4 aromatic rings. The number of ether oxygens (including phenoxy) is 1. The van der Waals surface area contributed by atoms with Crippen LogP contribution in [-0.4, -0.2) is 32.7 Å². The van der Waals surface area contributed by atoms with Crippen molar-refractivity contribution in [3.63, 3.8) is 0 Å². The van der Waals surface area contributed by atoms with Crippen molar-refractivity contribution in [2.24, 2.45) is 0 Å². The normalized spacial score (nSPS) is 11.4. The fraction of sp³-hybridized carbons (Fsp3) is 0.250. The lowest BCUT2D eigenvalue weighted by Gasteiger charge is -2.09. The molecule has 0 saturated carbocycles. The predicted octanol–water partition coefficient (Wildman–Crippen LogP) is 4.07. The van der Waals surface area contributed by atoms with Crippen LogP contribution in [0.4, 0.5) is 0 Å². The minimum absolute atomic E-state index is 0.689. The van der Waals surface area contributed by atoms with Crippen LogP contribution in [0.15, 0.2) is 54.6 Å². The first kappa shape index (κ1) is 15.7. The van der Waals surface area contributed by atoms with Crippen molar-refractivity contribution in [1.29, 1.82) is 0 Å². The quantitative estimate of drug-likeness (QED) is 0.499. The molecule has 0 aliphatic carbocycles. The SMILES string of the molecule is CCOCCCn1c(-c2ccccc2)nc2nc3ccccc3nc21. The van der Waals surface area contributed by atoms with Crippen LogP contribution in [0.5, 0.6) is 0 Å². The molecule has 2 heterocycles. The van der Waals surface area contributed by atoms with Gasteiger partial charge in [0.15, 0.2) is 11.3 Å². The number of aryl methyl sites for hydroxylation is 1. The van der Waals surface area contributed by atoms with E-state index in [4.69, 9.17) is 19.7 Å². The zero-order valence-electron chi connectivity index (χ0n) is 14.2. The van der Waals surface area contributed by atoms with Crippen molar-refractivity contribution >= 4 is 22.3 Å². The molecular formula is C20H20N4O. The Morgan fingerprint density at radius 2 is 1.60 bits per heavy atom. The Bertz CT molecular complexity index is 995. The molecule has 0 N–H and O–H groups in total. The summed E-state index contributed by atoms with van der Waals surface area (Å²) in [7, 11) is 0. The number of aromatic nitrogens is 4. The second kappa shape index (κ2) is 6.99. The summed E-state index contributed by atoms with van der Waals surface area (Å²) in [5, 5.41) is 0. The van der Waals surface area contributed by atoms with Gasteiger partial charge in [0.1, 0.15) is 5.82 Å². The van der Waals surface area contributed by atoms with Crippen molar-refractivity contribution in [2.75, 3.05) is 13.2 Å². The van der Waals surface area contributed by atoms with E-state index < -0.39 is 0 Å². The maximum absolute atomic E-state index is 5.49. The number of benzene rings is 2. The summed E-state index contributed by atoms with van der Waals surface area (Å²) in [5.41, 5.74) is 4.35. The number of hydrogen-bond donors (Lipinski definition) is 0. The molecular weight excluding hydrogens is 312 g/mol. The molecule has 4 rings (SSSR count). The monoisotopic (exact) mass is 332 g/mol. The third kappa shape index (κ3) is 3.10. The van der Waals surface area contributed by atoms with Crippen molar-refractivity contribution in [1.82, 2.24) is 19.5 Å². The lowest BCUT2D eigenvalue weighted by molar-refractivity contribution is 0.142. The van der Waals surface area contributed by atoms with Crippen LogP contribution in [0, 0.1) is 0 Å². The van der Waals surface area contributed by atoms with Gasteiger partial charge >= 0.3 is 0 Å². The Labute approximate surface area is 146 Å². The number of para-hydroxylation sites is 2. The largest absolute Gasteiger partial charge is 0.382 e. The third-order valence-electron chi connectivity index (χ3n) is 4.16. The molecule has 126 valence electrons. The molecule has 0 aliphatic rings. The van der Waals surface area contributed by atoms with E-state index in [-0.39, 0.29) is 0 Å². The molecule has 0 atom stereocenters. The van der Waals surface area contributed by atoms with Gasteiger partial charge in [-0.15, -0.1) is 0 Å². The first-order valence-electron chi connectivity index (χ1n) is 8.63. The van der Waals surface area contributed by atoms with Gasteiger partial charge < -0.3 is 9.30 Å². The number of imidazole rings is 1. The standard InChI is InChI=1S/C20H20N4O/c1-2-25-14-8-13-24-19(15-9-4-3-5-10-15)23-18-20(24)22-17-12-7-6-11-16(17)21-18/h3-7,9-12H,2,8,13-14H2,1H3. The van der Waals surface area contributed by atoms with Crippen molar-refractivity contribution < 1.29 is 4.74 Å². The Morgan fingerprint density at radius 3 is 2.36 bits per heavy atom. The average molecular weight is 332 g/mol. The highest BCUT2D eigenvalue weighted by molar-refractivity contribution is 5.84. The predicted molar refractivity (Wildman–Crippen MR) is 99.4 cm³/mol. The highest BCUT2D eigenvalue weighted by atomic mass is 16.5. The maximum atomic E-state index is 5.49. The summed E-state index contributed by atoms with van der Waals surface area (Å²) in [6, 6.07) is 18.1. The smallest absolute Gasteiger partial charge is 0.198 e. The summed E-state index contributed by atoms with van der Waals surface area (Å²) in [6.45, 7) is 4.28. The summed E-state index contributed by atoms with van der Waals surface area (Å²) in [6.07, 6.45) is 0.910. The number of rotatable bonds is 6. The van der Waals surface area contributed by atoms with Crippen LogP contribution >= 0.6 is 0 Å².